The predicted octanol–water partition coefficient (Wildman–Crippen LogP) is 11.7. The molecule has 8 bridgehead atoms. The van der Waals surface area contributed by atoms with Gasteiger partial charge in [0.05, 0.1) is 153 Å². The third-order valence-electron chi connectivity index (χ3n) is 14.1. The Morgan fingerprint density at radius 3 is 0.810 bits per heavy atom. The molecule has 12 nitrogen and oxygen atoms in total. The minimum Gasteiger partial charge on any atom is -0.493 e. The van der Waals surface area contributed by atoms with Crippen molar-refractivity contribution < 1.29 is 37.3 Å². The number of fused-ring (bicyclic) bond motifs is 8. The van der Waals surface area contributed by atoms with Gasteiger partial charge < -0.3 is 47.3 Å². The number of nitrogens with zero attached hydrogens (tertiary/aromatic N) is 5. The molecular weight excluding hydrogens is 981 g/mol. The van der Waals surface area contributed by atoms with Crippen molar-refractivity contribution in [1.29, 1.82) is 0 Å². The van der Waals surface area contributed by atoms with Gasteiger partial charge in [-0.15, -0.1) is 0 Å². The van der Waals surface area contributed by atoms with Gasteiger partial charge in [0.2, 0.25) is 0 Å². The van der Waals surface area contributed by atoms with Crippen molar-refractivity contribution in [3.05, 3.63) is 144 Å². The van der Waals surface area contributed by atoms with Gasteiger partial charge in [-0.2, -0.15) is 0 Å². The van der Waals surface area contributed by atoms with Crippen molar-refractivity contribution >= 4 is 46.4 Å². The van der Waals surface area contributed by atoms with Crippen molar-refractivity contribution in [2.75, 3.05) is 130 Å². The van der Waals surface area contributed by atoms with Crippen LogP contribution in [0, 0.1) is 0 Å². The van der Waals surface area contributed by atoms with Gasteiger partial charge in [-0.05, 0) is 119 Å². The zero-order valence-electron chi connectivity index (χ0n) is 48.7. The summed E-state index contributed by atoms with van der Waals surface area (Å²) in [7, 11) is 24.2. The molecule has 0 aliphatic carbocycles. The summed E-state index contributed by atoms with van der Waals surface area (Å²) in [6, 6.07) is 42.5. The summed E-state index contributed by atoms with van der Waals surface area (Å²) in [5, 5.41) is 0. The third kappa shape index (κ3) is 15.2. The van der Waals surface area contributed by atoms with Crippen molar-refractivity contribution in [3.63, 3.8) is 0 Å². The van der Waals surface area contributed by atoms with E-state index in [0.717, 1.165) is 178 Å². The standard InChI is InChI=1S/C67H83N8O4/c1-72(2)40-12-44-76-52-24-16-48(17-25-52)64-56-32-34-58(68-56)65(49-18-26-53(27-19-49)77-45-13-41-73(3,4)5)60-36-38-62(70-60)67(51-22-30-55(31-23-51)79-47-15-43-75(9,10)11)63-39-37-61(71-63)66(59-35-33-57(64)69-59)50-20-28-54(29-21-50)78-46-14-42-74(6,7)8/h16-39,68,71H,12-15,40-47H2,1-11H3/q+3/p+1. The number of rotatable bonds is 24. The first-order valence-electron chi connectivity index (χ1n) is 28.1. The van der Waals surface area contributed by atoms with E-state index in [4.69, 9.17) is 28.9 Å². The Morgan fingerprint density at radius 2 is 0.582 bits per heavy atom. The van der Waals surface area contributed by atoms with Crippen LogP contribution < -0.4 is 23.8 Å². The largest absolute Gasteiger partial charge is 0.493 e. The van der Waals surface area contributed by atoms with Crippen LogP contribution >= 0.6 is 0 Å². The Labute approximate surface area is 469 Å². The fourth-order valence-electron chi connectivity index (χ4n) is 10.1. The molecule has 12 heteroatoms. The summed E-state index contributed by atoms with van der Waals surface area (Å²) in [5.41, 5.74) is 15.0. The molecule has 0 unspecified atom stereocenters. The number of aromatic nitrogens is 4. The summed E-state index contributed by atoms with van der Waals surface area (Å²) >= 11 is 0. The monoisotopic (exact) mass is 1060 g/mol. The van der Waals surface area contributed by atoms with Crippen molar-refractivity contribution in [2.24, 2.45) is 0 Å². The van der Waals surface area contributed by atoms with Crippen LogP contribution in [0.3, 0.4) is 0 Å². The summed E-state index contributed by atoms with van der Waals surface area (Å²) in [6.45, 7) is 6.77. The van der Waals surface area contributed by atoms with Gasteiger partial charge in [0.25, 0.3) is 0 Å². The van der Waals surface area contributed by atoms with Gasteiger partial charge in [0, 0.05) is 70.0 Å². The lowest BCUT2D eigenvalue weighted by atomic mass is 10.0. The zero-order valence-corrected chi connectivity index (χ0v) is 48.7. The van der Waals surface area contributed by atoms with Gasteiger partial charge in [-0.1, -0.05) is 48.5 Å². The molecule has 9 rings (SSSR count). The number of hydrogen-bond donors (Lipinski definition) is 3. The van der Waals surface area contributed by atoms with Crippen LogP contribution in [0.25, 0.3) is 90.9 Å². The van der Waals surface area contributed by atoms with Crippen LogP contribution in [-0.2, 0) is 0 Å². The maximum atomic E-state index is 6.29. The second-order valence-electron chi connectivity index (χ2n) is 24.4. The SMILES string of the molecule is C[NH+](C)CCCOc1ccc(-c2c3nc(c(-c4ccc(OCCC[N+](C)(C)C)cc4)c4ccc([nH]4)c(-c4ccc(OCCC[N+](C)(C)C)cc4)c4nc(c(-c5ccc(OCCC[N+](C)(C)C)cc5)c5ccc2[nH]5)C=C4)C=C3)cc1. The Bertz CT molecular complexity index is 3340. The molecule has 412 valence electrons. The average molecular weight is 1070 g/mol. The van der Waals surface area contributed by atoms with Crippen LogP contribution in [0.5, 0.6) is 23.0 Å². The second kappa shape index (κ2) is 24.7. The van der Waals surface area contributed by atoms with Crippen LogP contribution in [0.4, 0.5) is 0 Å². The predicted molar refractivity (Wildman–Crippen MR) is 327 cm³/mol. The van der Waals surface area contributed by atoms with Crippen LogP contribution in [0.2, 0.25) is 0 Å². The van der Waals surface area contributed by atoms with Crippen LogP contribution in [0.15, 0.2) is 121 Å². The maximum Gasteiger partial charge on any atom is 0.119 e. The van der Waals surface area contributed by atoms with E-state index in [1.807, 2.05) is 0 Å². The molecule has 2 aliphatic heterocycles. The highest BCUT2D eigenvalue weighted by atomic mass is 16.5. The normalized spacial score (nSPS) is 12.6. The third-order valence-corrected chi connectivity index (χ3v) is 14.1. The molecule has 4 aromatic carbocycles. The van der Waals surface area contributed by atoms with E-state index >= 15 is 0 Å². The molecule has 0 amide bonds. The molecule has 2 aliphatic rings. The molecule has 79 heavy (non-hydrogen) atoms. The highest BCUT2D eigenvalue weighted by molar-refractivity contribution is 6.00. The topological polar surface area (TPSA) is 98.7 Å². The molecule has 0 spiro atoms. The molecule has 0 fully saturated rings. The van der Waals surface area contributed by atoms with E-state index in [-0.39, 0.29) is 0 Å². The zero-order chi connectivity index (χ0) is 55.7. The number of ether oxygens (including phenoxy) is 4. The summed E-state index contributed by atoms with van der Waals surface area (Å²) < 4.78 is 27.8. The lowest BCUT2D eigenvalue weighted by molar-refractivity contribution is -0.870. The molecule has 3 aromatic heterocycles. The molecule has 5 heterocycles. The number of quaternary nitrogens is 4. The number of nitrogens with one attached hydrogen (secondary N) is 3. The Morgan fingerprint density at radius 1 is 0.342 bits per heavy atom. The van der Waals surface area contributed by atoms with Crippen molar-refractivity contribution in [3.8, 4) is 67.5 Å². The second-order valence-corrected chi connectivity index (χ2v) is 24.4. The minimum atomic E-state index is 0.653. The molecule has 0 atom stereocenters. The molecular formula is C67H84N8O4+4. The number of benzene rings is 4. The molecule has 0 saturated carbocycles. The summed E-state index contributed by atoms with van der Waals surface area (Å²) in [4.78, 5) is 20.4. The van der Waals surface area contributed by atoms with Crippen LogP contribution in [-0.4, -0.2) is 164 Å². The Hall–Kier alpha value is -7.48. The van der Waals surface area contributed by atoms with Gasteiger partial charge >= 0.3 is 0 Å². The fraction of sp³-hybridized carbons (Fsp3) is 0.343. The van der Waals surface area contributed by atoms with E-state index in [9.17, 15) is 0 Å². The van der Waals surface area contributed by atoms with E-state index in [0.29, 0.717) is 26.4 Å². The lowest BCUT2D eigenvalue weighted by Gasteiger charge is -2.23. The van der Waals surface area contributed by atoms with Gasteiger partial charge in [0.15, 0.2) is 0 Å². The van der Waals surface area contributed by atoms with Gasteiger partial charge in [-0.3, -0.25) is 0 Å². The van der Waals surface area contributed by atoms with Crippen molar-refractivity contribution in [1.82, 2.24) is 19.9 Å². The Kier molecular flexibility index (Phi) is 17.6. The van der Waals surface area contributed by atoms with E-state index < -0.39 is 0 Å². The molecule has 0 saturated heterocycles. The summed E-state index contributed by atoms with van der Waals surface area (Å²) in [6.07, 6.45) is 12.4. The molecule has 3 N–H and O–H groups in total. The first-order chi connectivity index (χ1) is 37.8. The van der Waals surface area contributed by atoms with E-state index in [1.54, 1.807) is 0 Å². The van der Waals surface area contributed by atoms with Gasteiger partial charge in [-0.25, -0.2) is 9.97 Å². The number of hydrogen-bond acceptors (Lipinski definition) is 6. The van der Waals surface area contributed by atoms with Crippen molar-refractivity contribution in [2.45, 2.75) is 25.7 Å². The fourth-order valence-corrected chi connectivity index (χ4v) is 10.1. The maximum absolute atomic E-state index is 6.29. The van der Waals surface area contributed by atoms with Gasteiger partial charge in [0.1, 0.15) is 23.0 Å². The highest BCUT2D eigenvalue weighted by Crippen LogP contribution is 2.40. The number of H-pyrrole nitrogens is 2. The highest BCUT2D eigenvalue weighted by Gasteiger charge is 2.20. The minimum absolute atomic E-state index is 0.653. The smallest absolute Gasteiger partial charge is 0.119 e. The first-order valence-corrected chi connectivity index (χ1v) is 28.1. The van der Waals surface area contributed by atoms with E-state index in [1.165, 1.54) is 4.90 Å². The Balaban J connectivity index is 1.23. The number of aromatic amines is 2. The summed E-state index contributed by atoms with van der Waals surface area (Å²) in [5.74, 6) is 3.36. The molecule has 0 radical (unpaired) electrons. The molecule has 7 aromatic rings. The first kappa shape index (κ1) is 56.2. The quantitative estimate of drug-likeness (QED) is 0.0412. The lowest BCUT2D eigenvalue weighted by Crippen LogP contribution is -3.05. The van der Waals surface area contributed by atoms with E-state index in [2.05, 4.69) is 233 Å². The average Bonchev–Trinajstić information content (AvgIpc) is 4.47. The van der Waals surface area contributed by atoms with Crippen LogP contribution in [0.1, 0.15) is 48.5 Å².